The number of benzene rings is 1. The maximum absolute atomic E-state index is 11.5. The number of aliphatic hydroxyl groups is 1. The lowest BCUT2D eigenvalue weighted by atomic mass is 10.2. The first kappa shape index (κ1) is 17.4. The minimum absolute atomic E-state index is 0.290. The predicted molar refractivity (Wildman–Crippen MR) is 81.4 cm³/mol. The van der Waals surface area contributed by atoms with Crippen LogP contribution in [0.1, 0.15) is 11.4 Å². The molecule has 0 saturated heterocycles. The van der Waals surface area contributed by atoms with E-state index in [4.69, 9.17) is 15.3 Å². The van der Waals surface area contributed by atoms with E-state index in [1.54, 1.807) is 26.1 Å². The van der Waals surface area contributed by atoms with E-state index in [9.17, 15) is 4.79 Å². The Bertz CT molecular complexity index is 650. The number of esters is 1. The van der Waals surface area contributed by atoms with Crippen molar-refractivity contribution in [1.29, 1.82) is 5.41 Å². The van der Waals surface area contributed by atoms with Gasteiger partial charge in [-0.15, -0.1) is 0 Å². The summed E-state index contributed by atoms with van der Waals surface area (Å²) in [5.41, 5.74) is 0.597. The van der Waals surface area contributed by atoms with Crippen molar-refractivity contribution in [3.05, 3.63) is 41.7 Å². The number of methoxy groups -OCH3 is 1. The minimum atomic E-state index is -0.731. The molecule has 0 radical (unpaired) electrons. The van der Waals surface area contributed by atoms with Gasteiger partial charge in [-0.2, -0.15) is 5.10 Å². The van der Waals surface area contributed by atoms with Gasteiger partial charge in [-0.3, -0.25) is 10.1 Å². The number of aliphatic hydroxyl groups excluding tert-OH is 1. The third-order valence-corrected chi connectivity index (χ3v) is 2.76. The number of aromatic nitrogens is 2. The van der Waals surface area contributed by atoms with Crippen LogP contribution in [0.4, 0.5) is 0 Å². The summed E-state index contributed by atoms with van der Waals surface area (Å²) in [6.07, 6.45) is 0. The van der Waals surface area contributed by atoms with Crippen LogP contribution in [0.2, 0.25) is 0 Å². The highest BCUT2D eigenvalue weighted by molar-refractivity contribution is 6.42. The third kappa shape index (κ3) is 3.70. The Morgan fingerprint density at radius 3 is 2.41 bits per heavy atom. The number of ether oxygens (including phenoxy) is 2. The van der Waals surface area contributed by atoms with Crippen molar-refractivity contribution >= 4 is 11.7 Å². The standard InChI is InChI=1S/C14H15N3O3.CH4O/c1-9-13(20-10-7-5-4-6-8-10)12(17(2)16-9)11(15)14(18)19-3;1-2/h4-8,15H,1-3H3;2H,1H3. The summed E-state index contributed by atoms with van der Waals surface area (Å²) >= 11 is 0. The molecule has 0 saturated carbocycles. The number of aryl methyl sites for hydroxylation is 2. The molecule has 1 heterocycles. The second kappa shape index (κ2) is 7.94. The van der Waals surface area contributed by atoms with E-state index in [1.165, 1.54) is 11.8 Å². The molecule has 0 aliphatic rings. The molecule has 1 aromatic heterocycles. The van der Waals surface area contributed by atoms with Gasteiger partial charge in [0.2, 0.25) is 0 Å². The summed E-state index contributed by atoms with van der Waals surface area (Å²) in [6, 6.07) is 9.13. The van der Waals surface area contributed by atoms with Crippen molar-refractivity contribution in [3.8, 4) is 11.5 Å². The Hall–Kier alpha value is -2.67. The van der Waals surface area contributed by atoms with Gasteiger partial charge in [-0.1, -0.05) is 18.2 Å². The number of carbonyl (C=O) groups excluding carboxylic acids is 1. The quantitative estimate of drug-likeness (QED) is 0.661. The molecule has 7 nitrogen and oxygen atoms in total. The minimum Gasteiger partial charge on any atom is -0.464 e. The van der Waals surface area contributed by atoms with Gasteiger partial charge >= 0.3 is 5.97 Å². The van der Waals surface area contributed by atoms with Gasteiger partial charge in [0.1, 0.15) is 17.1 Å². The zero-order valence-corrected chi connectivity index (χ0v) is 13.0. The van der Waals surface area contributed by atoms with E-state index in [2.05, 4.69) is 9.84 Å². The molecule has 2 rings (SSSR count). The van der Waals surface area contributed by atoms with E-state index in [-0.39, 0.29) is 5.71 Å². The van der Waals surface area contributed by atoms with Crippen molar-refractivity contribution in [1.82, 2.24) is 9.78 Å². The van der Waals surface area contributed by atoms with Crippen LogP contribution in [0.25, 0.3) is 0 Å². The molecule has 0 aliphatic carbocycles. The third-order valence-electron chi connectivity index (χ3n) is 2.76. The Morgan fingerprint density at radius 1 is 1.27 bits per heavy atom. The maximum atomic E-state index is 11.5. The van der Waals surface area contributed by atoms with Crippen LogP contribution in [0.15, 0.2) is 30.3 Å². The Balaban J connectivity index is 0.00000116. The second-order valence-corrected chi connectivity index (χ2v) is 4.17. The van der Waals surface area contributed by atoms with Crippen molar-refractivity contribution in [2.24, 2.45) is 7.05 Å². The first-order chi connectivity index (χ1) is 10.5. The monoisotopic (exact) mass is 305 g/mol. The number of para-hydroxylation sites is 1. The second-order valence-electron chi connectivity index (χ2n) is 4.17. The average Bonchev–Trinajstić information content (AvgIpc) is 2.82. The van der Waals surface area contributed by atoms with Crippen LogP contribution in [0.3, 0.4) is 0 Å². The zero-order valence-electron chi connectivity index (χ0n) is 13.0. The van der Waals surface area contributed by atoms with Crippen LogP contribution >= 0.6 is 0 Å². The van der Waals surface area contributed by atoms with Crippen LogP contribution in [-0.2, 0) is 16.6 Å². The molecule has 0 amide bonds. The smallest absolute Gasteiger partial charge is 0.358 e. The SMILES string of the molecule is CO.COC(=O)C(=N)c1c(Oc2ccccc2)c(C)nn1C. The largest absolute Gasteiger partial charge is 0.464 e. The van der Waals surface area contributed by atoms with Gasteiger partial charge in [0.15, 0.2) is 11.5 Å². The topological polar surface area (TPSA) is 97.4 Å². The zero-order chi connectivity index (χ0) is 16.7. The lowest BCUT2D eigenvalue weighted by molar-refractivity contribution is -0.132. The van der Waals surface area contributed by atoms with Crippen molar-refractivity contribution in [3.63, 3.8) is 0 Å². The number of carbonyl (C=O) groups is 1. The molecule has 22 heavy (non-hydrogen) atoms. The molecule has 0 atom stereocenters. The van der Waals surface area contributed by atoms with E-state index in [0.717, 1.165) is 7.11 Å². The fourth-order valence-corrected chi connectivity index (χ4v) is 1.84. The van der Waals surface area contributed by atoms with Gasteiger partial charge in [0, 0.05) is 14.2 Å². The van der Waals surface area contributed by atoms with Gasteiger partial charge in [0.25, 0.3) is 0 Å². The summed E-state index contributed by atoms with van der Waals surface area (Å²) in [6.45, 7) is 1.76. The van der Waals surface area contributed by atoms with Gasteiger partial charge in [-0.05, 0) is 19.1 Å². The first-order valence-electron chi connectivity index (χ1n) is 6.43. The lowest BCUT2D eigenvalue weighted by Crippen LogP contribution is -2.19. The maximum Gasteiger partial charge on any atom is 0.358 e. The Morgan fingerprint density at radius 2 is 1.86 bits per heavy atom. The van der Waals surface area contributed by atoms with E-state index < -0.39 is 5.97 Å². The summed E-state index contributed by atoms with van der Waals surface area (Å²) < 4.78 is 11.8. The van der Waals surface area contributed by atoms with Crippen molar-refractivity contribution < 1.29 is 19.4 Å². The molecule has 0 bridgehead atoms. The van der Waals surface area contributed by atoms with Crippen LogP contribution in [0, 0.1) is 12.3 Å². The van der Waals surface area contributed by atoms with Crippen LogP contribution in [0.5, 0.6) is 11.5 Å². The van der Waals surface area contributed by atoms with E-state index in [1.807, 2.05) is 18.2 Å². The predicted octanol–water partition coefficient (Wildman–Crippen LogP) is 1.67. The number of hydrogen-bond acceptors (Lipinski definition) is 6. The fraction of sp³-hybridized carbons (Fsp3) is 0.267. The van der Waals surface area contributed by atoms with Crippen LogP contribution in [-0.4, -0.2) is 40.8 Å². The highest BCUT2D eigenvalue weighted by Gasteiger charge is 2.24. The molecule has 1 aromatic carbocycles. The first-order valence-corrected chi connectivity index (χ1v) is 6.43. The van der Waals surface area contributed by atoms with Gasteiger partial charge < -0.3 is 14.6 Å². The molecule has 0 unspecified atom stereocenters. The van der Waals surface area contributed by atoms with E-state index in [0.29, 0.717) is 22.9 Å². The molecule has 0 fully saturated rings. The summed E-state index contributed by atoms with van der Waals surface area (Å²) in [5.74, 6) is 0.266. The summed E-state index contributed by atoms with van der Waals surface area (Å²) in [5, 5.41) is 19.1. The molecule has 7 heteroatoms. The average molecular weight is 305 g/mol. The molecule has 118 valence electrons. The van der Waals surface area contributed by atoms with Gasteiger partial charge in [0.05, 0.1) is 7.11 Å². The lowest BCUT2D eigenvalue weighted by Gasteiger charge is -2.08. The Kier molecular flexibility index (Phi) is 6.27. The number of nitrogens with zero attached hydrogens (tertiary/aromatic N) is 2. The molecule has 2 N–H and O–H groups in total. The number of nitrogens with one attached hydrogen (secondary N) is 1. The Labute approximate surface area is 128 Å². The fourth-order valence-electron chi connectivity index (χ4n) is 1.84. The molecule has 2 aromatic rings. The molecular weight excluding hydrogens is 286 g/mol. The van der Waals surface area contributed by atoms with E-state index >= 15 is 0 Å². The molecular formula is C15H19N3O4. The van der Waals surface area contributed by atoms with Gasteiger partial charge in [-0.25, -0.2) is 4.79 Å². The van der Waals surface area contributed by atoms with Crippen molar-refractivity contribution in [2.45, 2.75) is 6.92 Å². The van der Waals surface area contributed by atoms with Crippen molar-refractivity contribution in [2.75, 3.05) is 14.2 Å². The van der Waals surface area contributed by atoms with Crippen LogP contribution < -0.4 is 4.74 Å². The summed E-state index contributed by atoms with van der Waals surface area (Å²) in [7, 11) is 3.88. The normalized spacial score (nSPS) is 9.50. The number of hydrogen-bond donors (Lipinski definition) is 2. The molecule has 0 spiro atoms. The number of rotatable bonds is 4. The highest BCUT2D eigenvalue weighted by atomic mass is 16.5. The highest BCUT2D eigenvalue weighted by Crippen LogP contribution is 2.28. The molecule has 0 aliphatic heterocycles. The summed E-state index contributed by atoms with van der Waals surface area (Å²) in [4.78, 5) is 11.5.